The lowest BCUT2D eigenvalue weighted by molar-refractivity contribution is -0.138. The van der Waals surface area contributed by atoms with E-state index in [0.717, 1.165) is 19.2 Å². The molecule has 1 N–H and O–H groups in total. The first-order valence-corrected chi connectivity index (χ1v) is 10.5. The highest BCUT2D eigenvalue weighted by Crippen LogP contribution is 2.48. The van der Waals surface area contributed by atoms with E-state index in [-0.39, 0.29) is 35.7 Å². The minimum Gasteiger partial charge on any atom is -0.332 e. The fourth-order valence-electron chi connectivity index (χ4n) is 4.84. The standard InChI is InChI=1S/C23H22ClF3N2O2/c1-29-21(31)19-15(7-8-17(24)20(19)22(29)10-12-28-13-11-22)18(30)9-6-14-4-2-3-5-16(14)23(25,26)27/h2-5,7-8,28H,6,9-13H2,1H3. The molecule has 4 nitrogen and oxygen atoms in total. The molecule has 1 saturated heterocycles. The second kappa shape index (κ2) is 7.95. The Balaban J connectivity index is 1.67. The van der Waals surface area contributed by atoms with Crippen LogP contribution in [0.2, 0.25) is 5.02 Å². The molecule has 0 radical (unpaired) electrons. The van der Waals surface area contributed by atoms with Gasteiger partial charge >= 0.3 is 6.18 Å². The third-order valence-corrected chi connectivity index (χ3v) is 6.77. The third-order valence-electron chi connectivity index (χ3n) is 6.46. The van der Waals surface area contributed by atoms with Crippen molar-refractivity contribution in [2.45, 2.75) is 37.4 Å². The molecule has 1 amide bonds. The molecule has 164 valence electrons. The highest BCUT2D eigenvalue weighted by Gasteiger charge is 2.50. The van der Waals surface area contributed by atoms with Crippen LogP contribution in [-0.2, 0) is 18.1 Å². The van der Waals surface area contributed by atoms with Crippen molar-refractivity contribution in [2.24, 2.45) is 0 Å². The van der Waals surface area contributed by atoms with Crippen LogP contribution in [0, 0.1) is 0 Å². The molecule has 0 aromatic heterocycles. The summed E-state index contributed by atoms with van der Waals surface area (Å²) in [4.78, 5) is 27.9. The summed E-state index contributed by atoms with van der Waals surface area (Å²) in [5.74, 6) is -0.629. The molecule has 0 bridgehead atoms. The topological polar surface area (TPSA) is 49.4 Å². The summed E-state index contributed by atoms with van der Waals surface area (Å²) in [6.45, 7) is 1.44. The molecule has 0 aliphatic carbocycles. The normalized spacial score (nSPS) is 17.8. The molecule has 2 aromatic rings. The number of amides is 1. The maximum Gasteiger partial charge on any atom is 0.416 e. The molecular formula is C23H22ClF3N2O2. The van der Waals surface area contributed by atoms with Gasteiger partial charge in [-0.05, 0) is 56.1 Å². The summed E-state index contributed by atoms with van der Waals surface area (Å²) in [5.41, 5.74) is -0.0406. The molecule has 0 atom stereocenters. The van der Waals surface area contributed by atoms with Gasteiger partial charge in [0.15, 0.2) is 5.78 Å². The smallest absolute Gasteiger partial charge is 0.332 e. The van der Waals surface area contributed by atoms with Crippen LogP contribution in [0.1, 0.15) is 56.7 Å². The quantitative estimate of drug-likeness (QED) is 0.678. The minimum atomic E-state index is -4.48. The van der Waals surface area contributed by atoms with Gasteiger partial charge in [-0.3, -0.25) is 9.59 Å². The van der Waals surface area contributed by atoms with Crippen LogP contribution in [0.15, 0.2) is 36.4 Å². The first-order valence-electron chi connectivity index (χ1n) is 10.2. The zero-order valence-corrected chi connectivity index (χ0v) is 17.7. The first kappa shape index (κ1) is 21.8. The van der Waals surface area contributed by atoms with Gasteiger partial charge in [0.25, 0.3) is 5.91 Å². The minimum absolute atomic E-state index is 0.0622. The molecule has 4 rings (SSSR count). The molecule has 0 unspecified atom stereocenters. The van der Waals surface area contributed by atoms with Gasteiger partial charge in [-0.1, -0.05) is 29.8 Å². The number of carbonyl (C=O) groups excluding carboxylic acids is 2. The van der Waals surface area contributed by atoms with E-state index in [4.69, 9.17) is 11.6 Å². The molecule has 2 aliphatic rings. The van der Waals surface area contributed by atoms with E-state index in [9.17, 15) is 22.8 Å². The molecule has 2 heterocycles. The van der Waals surface area contributed by atoms with Gasteiger partial charge in [0, 0.05) is 29.6 Å². The van der Waals surface area contributed by atoms with Crippen molar-refractivity contribution in [1.29, 1.82) is 0 Å². The molecule has 1 spiro atoms. The van der Waals surface area contributed by atoms with E-state index in [1.54, 1.807) is 18.0 Å². The summed E-state index contributed by atoms with van der Waals surface area (Å²) in [6.07, 6.45) is -3.32. The fraction of sp³-hybridized carbons (Fsp3) is 0.391. The number of halogens is 4. The van der Waals surface area contributed by atoms with Crippen molar-refractivity contribution in [3.8, 4) is 0 Å². The number of alkyl halides is 3. The number of benzene rings is 2. The van der Waals surface area contributed by atoms with Crippen molar-refractivity contribution in [3.63, 3.8) is 0 Å². The molecule has 1 fully saturated rings. The monoisotopic (exact) mass is 450 g/mol. The number of piperidine rings is 1. The van der Waals surface area contributed by atoms with Gasteiger partial charge in [0.2, 0.25) is 0 Å². The Hall–Kier alpha value is -2.38. The van der Waals surface area contributed by atoms with Crippen LogP contribution in [0.5, 0.6) is 0 Å². The predicted octanol–water partition coefficient (Wildman–Crippen LogP) is 4.84. The number of hydrogen-bond acceptors (Lipinski definition) is 3. The maximum atomic E-state index is 13.3. The van der Waals surface area contributed by atoms with Crippen molar-refractivity contribution in [2.75, 3.05) is 20.1 Å². The number of aryl methyl sites for hydroxylation is 1. The van der Waals surface area contributed by atoms with E-state index < -0.39 is 17.3 Å². The van der Waals surface area contributed by atoms with Crippen molar-refractivity contribution in [1.82, 2.24) is 10.2 Å². The molecule has 0 saturated carbocycles. The second-order valence-electron chi connectivity index (χ2n) is 8.07. The number of nitrogens with one attached hydrogen (secondary N) is 1. The SMILES string of the molecule is CN1C(=O)c2c(C(=O)CCc3ccccc3C(F)(F)F)ccc(Cl)c2C12CCNCC2. The average Bonchev–Trinajstić information content (AvgIpc) is 2.95. The van der Waals surface area contributed by atoms with Crippen LogP contribution in [0.25, 0.3) is 0 Å². The zero-order chi connectivity index (χ0) is 22.4. The Morgan fingerprint density at radius 3 is 2.52 bits per heavy atom. The van der Waals surface area contributed by atoms with E-state index in [2.05, 4.69) is 5.32 Å². The van der Waals surface area contributed by atoms with E-state index >= 15 is 0 Å². The summed E-state index contributed by atoms with van der Waals surface area (Å²) < 4.78 is 39.8. The summed E-state index contributed by atoms with van der Waals surface area (Å²) in [5, 5.41) is 3.71. The molecule has 8 heteroatoms. The highest BCUT2D eigenvalue weighted by atomic mass is 35.5. The first-order chi connectivity index (χ1) is 14.7. The van der Waals surface area contributed by atoms with E-state index in [0.29, 0.717) is 29.0 Å². The number of ketones is 1. The highest BCUT2D eigenvalue weighted by molar-refractivity contribution is 6.33. The second-order valence-corrected chi connectivity index (χ2v) is 8.48. The Kier molecular flexibility index (Phi) is 5.60. The van der Waals surface area contributed by atoms with Crippen LogP contribution in [0.4, 0.5) is 13.2 Å². The van der Waals surface area contributed by atoms with Gasteiger partial charge in [0.1, 0.15) is 0 Å². The largest absolute Gasteiger partial charge is 0.416 e. The Morgan fingerprint density at radius 2 is 1.84 bits per heavy atom. The van der Waals surface area contributed by atoms with Gasteiger partial charge in [-0.15, -0.1) is 0 Å². The predicted molar refractivity (Wildman–Crippen MR) is 111 cm³/mol. The lowest BCUT2D eigenvalue weighted by Gasteiger charge is -2.40. The molecule has 2 aromatic carbocycles. The molecular weight excluding hydrogens is 429 g/mol. The Labute approximate surface area is 183 Å². The van der Waals surface area contributed by atoms with Crippen molar-refractivity contribution in [3.05, 3.63) is 69.2 Å². The lowest BCUT2D eigenvalue weighted by atomic mass is 9.80. The van der Waals surface area contributed by atoms with Gasteiger partial charge in [-0.25, -0.2) is 0 Å². The number of Topliss-reactive ketones (excluding diaryl/α,β-unsaturated/α-hetero) is 1. The van der Waals surface area contributed by atoms with Gasteiger partial charge in [0.05, 0.1) is 16.7 Å². The number of nitrogens with zero attached hydrogens (tertiary/aromatic N) is 1. The Morgan fingerprint density at radius 1 is 1.16 bits per heavy atom. The lowest BCUT2D eigenvalue weighted by Crippen LogP contribution is -2.48. The maximum absolute atomic E-state index is 13.3. The van der Waals surface area contributed by atoms with Crippen LogP contribution in [-0.4, -0.2) is 36.7 Å². The van der Waals surface area contributed by atoms with Crippen LogP contribution >= 0.6 is 11.6 Å². The van der Waals surface area contributed by atoms with Crippen LogP contribution < -0.4 is 5.32 Å². The summed E-state index contributed by atoms with van der Waals surface area (Å²) in [6, 6.07) is 8.38. The summed E-state index contributed by atoms with van der Waals surface area (Å²) >= 11 is 6.51. The number of rotatable bonds is 4. The van der Waals surface area contributed by atoms with Gasteiger partial charge < -0.3 is 10.2 Å². The molecule has 2 aliphatic heterocycles. The van der Waals surface area contributed by atoms with Crippen molar-refractivity contribution < 1.29 is 22.8 Å². The fourth-order valence-corrected chi connectivity index (χ4v) is 5.17. The van der Waals surface area contributed by atoms with E-state index in [1.807, 2.05) is 0 Å². The average molecular weight is 451 g/mol. The van der Waals surface area contributed by atoms with Crippen molar-refractivity contribution >= 4 is 23.3 Å². The number of carbonyl (C=O) groups is 2. The number of fused-ring (bicyclic) bond motifs is 2. The number of hydrogen-bond donors (Lipinski definition) is 1. The van der Waals surface area contributed by atoms with E-state index in [1.165, 1.54) is 24.3 Å². The van der Waals surface area contributed by atoms with Gasteiger partial charge in [-0.2, -0.15) is 13.2 Å². The zero-order valence-electron chi connectivity index (χ0n) is 17.0. The summed E-state index contributed by atoms with van der Waals surface area (Å²) in [7, 11) is 1.72. The Bertz CT molecular complexity index is 1050. The van der Waals surface area contributed by atoms with Crippen LogP contribution in [0.3, 0.4) is 0 Å². The third kappa shape index (κ3) is 3.64. The molecule has 31 heavy (non-hydrogen) atoms.